The van der Waals surface area contributed by atoms with Gasteiger partial charge < -0.3 is 9.84 Å². The van der Waals surface area contributed by atoms with Gasteiger partial charge in [0.25, 0.3) is 5.69 Å². The molecule has 0 radical (unpaired) electrons. The molecule has 0 atom stereocenters. The maximum atomic E-state index is 12.1. The lowest BCUT2D eigenvalue weighted by Gasteiger charge is -2.10. The third-order valence-electron chi connectivity index (χ3n) is 1.98. The molecule has 1 aromatic rings. The highest BCUT2D eigenvalue weighted by atomic mass is 79.9. The zero-order chi connectivity index (χ0) is 13.9. The van der Waals surface area contributed by atoms with E-state index in [0.717, 1.165) is 12.1 Å². The van der Waals surface area contributed by atoms with Crippen molar-refractivity contribution in [3.8, 4) is 5.75 Å². The number of rotatable bonds is 5. The Morgan fingerprint density at radius 1 is 1.56 bits per heavy atom. The molecule has 98 valence electrons. The van der Waals surface area contributed by atoms with E-state index in [4.69, 9.17) is 5.11 Å². The average molecular weight is 326 g/mol. The van der Waals surface area contributed by atoms with Crippen LogP contribution in [-0.4, -0.2) is 22.6 Å². The van der Waals surface area contributed by atoms with Crippen LogP contribution < -0.4 is 4.74 Å². The molecule has 0 saturated heterocycles. The first-order chi connectivity index (χ1) is 8.38. The molecule has 18 heavy (non-hydrogen) atoms. The standard InChI is InChI=1S/C9H6BrF2NO5/c10-3-4-1-2-5(18-9(11)12)6(8(14)15)7(4)13(16)17/h1-2,9H,3H2,(H,14,15). The number of benzene rings is 1. The smallest absolute Gasteiger partial charge is 0.387 e. The predicted molar refractivity (Wildman–Crippen MR) is 59.3 cm³/mol. The van der Waals surface area contributed by atoms with Crippen LogP contribution >= 0.6 is 15.9 Å². The molecule has 0 saturated carbocycles. The molecule has 6 nitrogen and oxygen atoms in total. The molecule has 0 unspecified atom stereocenters. The van der Waals surface area contributed by atoms with Crippen molar-refractivity contribution in [2.24, 2.45) is 0 Å². The van der Waals surface area contributed by atoms with Gasteiger partial charge in [-0.2, -0.15) is 8.78 Å². The summed E-state index contributed by atoms with van der Waals surface area (Å²) in [6, 6.07) is 2.11. The summed E-state index contributed by atoms with van der Waals surface area (Å²) >= 11 is 2.95. The molecular formula is C9H6BrF2NO5. The summed E-state index contributed by atoms with van der Waals surface area (Å²) in [4.78, 5) is 20.8. The van der Waals surface area contributed by atoms with Gasteiger partial charge in [-0.15, -0.1) is 0 Å². The largest absolute Gasteiger partial charge is 0.477 e. The Balaban J connectivity index is 3.51. The number of hydrogen-bond donors (Lipinski definition) is 1. The highest BCUT2D eigenvalue weighted by molar-refractivity contribution is 9.08. The first kappa shape index (κ1) is 14.3. The van der Waals surface area contributed by atoms with Crippen molar-refractivity contribution in [1.82, 2.24) is 0 Å². The Morgan fingerprint density at radius 2 is 2.17 bits per heavy atom. The fourth-order valence-electron chi connectivity index (χ4n) is 1.33. The van der Waals surface area contributed by atoms with Gasteiger partial charge in [0.05, 0.1) is 4.92 Å². The number of halogens is 3. The summed E-state index contributed by atoms with van der Waals surface area (Å²) in [6.45, 7) is -3.27. The highest BCUT2D eigenvalue weighted by Crippen LogP contribution is 2.34. The van der Waals surface area contributed by atoms with Crippen LogP contribution in [0.15, 0.2) is 12.1 Å². The number of alkyl halides is 3. The minimum absolute atomic E-state index is 0.0125. The SMILES string of the molecule is O=C(O)c1c(OC(F)F)ccc(CBr)c1[N+](=O)[O-]. The molecule has 0 bridgehead atoms. The minimum atomic E-state index is -3.27. The van der Waals surface area contributed by atoms with E-state index in [9.17, 15) is 23.7 Å². The number of carbonyl (C=O) groups is 1. The quantitative estimate of drug-likeness (QED) is 0.510. The number of nitro groups is 1. The molecule has 0 aromatic heterocycles. The molecule has 0 amide bonds. The Hall–Kier alpha value is -1.77. The average Bonchev–Trinajstić information content (AvgIpc) is 2.26. The summed E-state index contributed by atoms with van der Waals surface area (Å²) in [5.74, 6) is -2.45. The van der Waals surface area contributed by atoms with Crippen LogP contribution in [0.5, 0.6) is 5.75 Å². The van der Waals surface area contributed by atoms with Gasteiger partial charge in [-0.1, -0.05) is 15.9 Å². The van der Waals surface area contributed by atoms with Crippen molar-refractivity contribution in [3.05, 3.63) is 33.4 Å². The molecule has 0 aliphatic carbocycles. The van der Waals surface area contributed by atoms with E-state index >= 15 is 0 Å². The van der Waals surface area contributed by atoms with Crippen LogP contribution in [0.25, 0.3) is 0 Å². The van der Waals surface area contributed by atoms with E-state index in [1.54, 1.807) is 0 Å². The van der Waals surface area contributed by atoms with E-state index in [0.29, 0.717) is 0 Å². The maximum absolute atomic E-state index is 12.1. The van der Waals surface area contributed by atoms with Gasteiger partial charge in [-0.3, -0.25) is 10.1 Å². The van der Waals surface area contributed by atoms with Gasteiger partial charge in [0, 0.05) is 10.9 Å². The van der Waals surface area contributed by atoms with Crippen molar-refractivity contribution >= 4 is 27.6 Å². The van der Waals surface area contributed by atoms with Crippen molar-refractivity contribution < 1.29 is 28.3 Å². The van der Waals surface area contributed by atoms with Gasteiger partial charge in [0.15, 0.2) is 5.56 Å². The minimum Gasteiger partial charge on any atom is -0.477 e. The monoisotopic (exact) mass is 325 g/mol. The molecule has 1 aromatic carbocycles. The molecule has 9 heteroatoms. The van der Waals surface area contributed by atoms with Gasteiger partial charge in [-0.25, -0.2) is 4.79 Å². The van der Waals surface area contributed by atoms with Gasteiger partial charge in [0.2, 0.25) is 0 Å². The second kappa shape index (κ2) is 5.71. The van der Waals surface area contributed by atoms with Gasteiger partial charge in [0.1, 0.15) is 5.75 Å². The topological polar surface area (TPSA) is 89.7 Å². The molecule has 0 aliphatic rings. The van der Waals surface area contributed by atoms with Gasteiger partial charge in [-0.05, 0) is 12.1 Å². The van der Waals surface area contributed by atoms with E-state index in [1.807, 2.05) is 0 Å². The normalized spacial score (nSPS) is 10.4. The second-order valence-electron chi connectivity index (χ2n) is 3.02. The first-order valence-corrected chi connectivity index (χ1v) is 5.55. The third-order valence-corrected chi connectivity index (χ3v) is 2.58. The number of hydrogen-bond acceptors (Lipinski definition) is 4. The zero-order valence-corrected chi connectivity index (χ0v) is 10.2. The summed E-state index contributed by atoms with van der Waals surface area (Å²) in [7, 11) is 0. The van der Waals surface area contributed by atoms with Crippen LogP contribution in [0.4, 0.5) is 14.5 Å². The molecule has 0 heterocycles. The highest BCUT2D eigenvalue weighted by Gasteiger charge is 2.29. The van der Waals surface area contributed by atoms with E-state index in [1.165, 1.54) is 0 Å². The van der Waals surface area contributed by atoms with Crippen molar-refractivity contribution in [1.29, 1.82) is 0 Å². The lowest BCUT2D eigenvalue weighted by molar-refractivity contribution is -0.385. The third kappa shape index (κ3) is 2.92. The summed E-state index contributed by atoms with van der Waals surface area (Å²) < 4.78 is 28.1. The Bertz CT molecular complexity index is 494. The number of carboxylic acids is 1. The fourth-order valence-corrected chi connectivity index (χ4v) is 1.79. The fraction of sp³-hybridized carbons (Fsp3) is 0.222. The van der Waals surface area contributed by atoms with Crippen LogP contribution in [-0.2, 0) is 5.33 Å². The van der Waals surface area contributed by atoms with Crippen LogP contribution in [0.3, 0.4) is 0 Å². The summed E-state index contributed by atoms with van der Waals surface area (Å²) in [5.41, 5.74) is -1.60. The van der Waals surface area contributed by atoms with Crippen molar-refractivity contribution in [3.63, 3.8) is 0 Å². The van der Waals surface area contributed by atoms with Crippen molar-refractivity contribution in [2.75, 3.05) is 0 Å². The lowest BCUT2D eigenvalue weighted by Crippen LogP contribution is -2.11. The number of aromatic carboxylic acids is 1. The van der Waals surface area contributed by atoms with E-state index in [-0.39, 0.29) is 10.9 Å². The number of carboxylic acid groups (broad SMARTS) is 1. The number of nitro benzene ring substituents is 1. The van der Waals surface area contributed by atoms with Crippen LogP contribution in [0, 0.1) is 10.1 Å². The predicted octanol–water partition coefficient (Wildman–Crippen LogP) is 2.79. The maximum Gasteiger partial charge on any atom is 0.387 e. The molecule has 0 fully saturated rings. The number of nitrogens with zero attached hydrogens (tertiary/aromatic N) is 1. The molecule has 0 spiro atoms. The van der Waals surface area contributed by atoms with Gasteiger partial charge >= 0.3 is 12.6 Å². The molecule has 1 N–H and O–H groups in total. The Kier molecular flexibility index (Phi) is 4.54. The molecule has 1 rings (SSSR count). The number of ether oxygens (including phenoxy) is 1. The second-order valence-corrected chi connectivity index (χ2v) is 3.58. The molecule has 0 aliphatic heterocycles. The Morgan fingerprint density at radius 3 is 2.56 bits per heavy atom. The van der Waals surface area contributed by atoms with Crippen LogP contribution in [0.1, 0.15) is 15.9 Å². The van der Waals surface area contributed by atoms with Crippen LogP contribution in [0.2, 0.25) is 0 Å². The van der Waals surface area contributed by atoms with Crippen molar-refractivity contribution in [2.45, 2.75) is 11.9 Å². The summed E-state index contributed by atoms with van der Waals surface area (Å²) in [6.07, 6.45) is 0. The summed E-state index contributed by atoms with van der Waals surface area (Å²) in [5, 5.41) is 19.7. The molecular weight excluding hydrogens is 320 g/mol. The first-order valence-electron chi connectivity index (χ1n) is 4.42. The van der Waals surface area contributed by atoms with E-state index < -0.39 is 34.5 Å². The zero-order valence-electron chi connectivity index (χ0n) is 8.60. The van der Waals surface area contributed by atoms with E-state index in [2.05, 4.69) is 20.7 Å². The lowest BCUT2D eigenvalue weighted by atomic mass is 10.1. The Labute approximate surface area is 107 Å².